The topological polar surface area (TPSA) is 74.4 Å². The molecule has 0 aliphatic heterocycles. The van der Waals surface area contributed by atoms with Crippen LogP contribution in [0.5, 0.6) is 5.88 Å². The van der Waals surface area contributed by atoms with E-state index in [-0.39, 0.29) is 28.2 Å². The highest BCUT2D eigenvalue weighted by Crippen LogP contribution is 2.35. The number of ether oxygens (including phenoxy) is 2. The molecule has 2 N–H and O–H groups in total. The summed E-state index contributed by atoms with van der Waals surface area (Å²) in [6, 6.07) is 0. The van der Waals surface area contributed by atoms with Gasteiger partial charge in [0.15, 0.2) is 6.61 Å². The molecule has 0 spiro atoms. The average Bonchev–Trinajstić information content (AvgIpc) is 2.36. The fourth-order valence-corrected chi connectivity index (χ4v) is 1.37. The summed E-state index contributed by atoms with van der Waals surface area (Å²) in [7, 11) is 0. The van der Waals surface area contributed by atoms with Gasteiger partial charge in [0, 0.05) is 0 Å². The molecule has 0 amide bonds. The van der Waals surface area contributed by atoms with E-state index < -0.39 is 18.5 Å². The zero-order valence-electron chi connectivity index (χ0n) is 9.50. The van der Waals surface area contributed by atoms with Crippen LogP contribution in [0.3, 0.4) is 0 Å². The lowest BCUT2D eigenvalue weighted by atomic mass is 10.4. The SMILES string of the molecule is CCCOC(=O)COc1nc(F)c(Cl)c(N)c1Cl. The Hall–Kier alpha value is -1.27. The second-order valence-electron chi connectivity index (χ2n) is 3.26. The number of carbonyl (C=O) groups excluding carboxylic acids is 1. The number of hydrogen-bond acceptors (Lipinski definition) is 5. The van der Waals surface area contributed by atoms with Gasteiger partial charge >= 0.3 is 5.97 Å². The van der Waals surface area contributed by atoms with Crippen LogP contribution in [0.15, 0.2) is 0 Å². The first-order valence-corrected chi connectivity index (χ1v) is 5.81. The number of esters is 1. The highest BCUT2D eigenvalue weighted by molar-refractivity contribution is 6.39. The number of nitrogen functional groups attached to an aromatic ring is 1. The van der Waals surface area contributed by atoms with Crippen molar-refractivity contribution in [2.24, 2.45) is 0 Å². The maximum Gasteiger partial charge on any atom is 0.344 e. The van der Waals surface area contributed by atoms with Crippen LogP contribution in [0, 0.1) is 5.95 Å². The molecule has 0 saturated heterocycles. The van der Waals surface area contributed by atoms with Gasteiger partial charge in [-0.2, -0.15) is 9.37 Å². The van der Waals surface area contributed by atoms with Gasteiger partial charge in [0.1, 0.15) is 10.0 Å². The van der Waals surface area contributed by atoms with Crippen LogP contribution in [0.25, 0.3) is 0 Å². The third kappa shape index (κ3) is 3.61. The summed E-state index contributed by atoms with van der Waals surface area (Å²) in [5, 5.41) is -0.536. The number of halogens is 3. The highest BCUT2D eigenvalue weighted by atomic mass is 35.5. The lowest BCUT2D eigenvalue weighted by molar-refractivity contribution is -0.146. The van der Waals surface area contributed by atoms with Crippen molar-refractivity contribution in [2.75, 3.05) is 18.9 Å². The van der Waals surface area contributed by atoms with Crippen molar-refractivity contribution in [3.05, 3.63) is 16.0 Å². The maximum absolute atomic E-state index is 13.2. The van der Waals surface area contributed by atoms with E-state index in [0.717, 1.165) is 0 Å². The monoisotopic (exact) mass is 296 g/mol. The molecule has 100 valence electrons. The van der Waals surface area contributed by atoms with E-state index in [2.05, 4.69) is 4.98 Å². The van der Waals surface area contributed by atoms with Crippen LogP contribution >= 0.6 is 23.2 Å². The molecule has 0 aliphatic carbocycles. The van der Waals surface area contributed by atoms with Crippen LogP contribution < -0.4 is 10.5 Å². The van der Waals surface area contributed by atoms with Crippen molar-refractivity contribution >= 4 is 34.9 Å². The van der Waals surface area contributed by atoms with Gasteiger partial charge in [-0.3, -0.25) is 0 Å². The number of nitrogens with two attached hydrogens (primary N) is 1. The van der Waals surface area contributed by atoms with Crippen molar-refractivity contribution in [3.63, 3.8) is 0 Å². The Bertz CT molecular complexity index is 457. The third-order valence-electron chi connectivity index (χ3n) is 1.84. The van der Waals surface area contributed by atoms with Crippen LogP contribution in [0.4, 0.5) is 10.1 Å². The number of hydrogen-bond donors (Lipinski definition) is 1. The molecular formula is C10H11Cl2FN2O3. The molecule has 0 aromatic carbocycles. The molecule has 0 aliphatic rings. The van der Waals surface area contributed by atoms with Crippen molar-refractivity contribution < 1.29 is 18.7 Å². The van der Waals surface area contributed by atoms with Gasteiger partial charge < -0.3 is 15.2 Å². The Morgan fingerprint density at radius 1 is 1.44 bits per heavy atom. The van der Waals surface area contributed by atoms with E-state index in [1.807, 2.05) is 6.92 Å². The fourth-order valence-electron chi connectivity index (χ4n) is 0.990. The number of carbonyl (C=O) groups is 1. The van der Waals surface area contributed by atoms with Gasteiger partial charge in [0.2, 0.25) is 11.8 Å². The van der Waals surface area contributed by atoms with E-state index in [1.165, 1.54) is 0 Å². The Morgan fingerprint density at radius 2 is 2.11 bits per heavy atom. The highest BCUT2D eigenvalue weighted by Gasteiger charge is 2.17. The number of rotatable bonds is 5. The molecule has 0 radical (unpaired) electrons. The first kappa shape index (κ1) is 14.8. The van der Waals surface area contributed by atoms with Crippen molar-refractivity contribution in [2.45, 2.75) is 13.3 Å². The van der Waals surface area contributed by atoms with Crippen molar-refractivity contribution in [3.8, 4) is 5.88 Å². The van der Waals surface area contributed by atoms with E-state index in [1.54, 1.807) is 0 Å². The normalized spacial score (nSPS) is 10.2. The zero-order chi connectivity index (χ0) is 13.7. The molecule has 1 aromatic heterocycles. The second kappa shape index (κ2) is 6.61. The average molecular weight is 297 g/mol. The van der Waals surface area contributed by atoms with Gasteiger partial charge in [-0.1, -0.05) is 30.1 Å². The van der Waals surface area contributed by atoms with Gasteiger partial charge in [0.05, 0.1) is 12.3 Å². The largest absolute Gasteiger partial charge is 0.464 e. The molecule has 5 nitrogen and oxygen atoms in total. The van der Waals surface area contributed by atoms with Gasteiger partial charge in [-0.25, -0.2) is 4.79 Å². The van der Waals surface area contributed by atoms with E-state index in [4.69, 9.17) is 38.4 Å². The molecule has 0 bridgehead atoms. The van der Waals surface area contributed by atoms with E-state index >= 15 is 0 Å². The number of nitrogens with zero attached hydrogens (tertiary/aromatic N) is 1. The van der Waals surface area contributed by atoms with Gasteiger partial charge in [-0.05, 0) is 6.42 Å². The number of aromatic nitrogens is 1. The van der Waals surface area contributed by atoms with Crippen molar-refractivity contribution in [1.29, 1.82) is 0 Å². The Morgan fingerprint density at radius 3 is 2.72 bits per heavy atom. The number of anilines is 1. The molecule has 1 aromatic rings. The Labute approximate surface area is 113 Å². The summed E-state index contributed by atoms with van der Waals surface area (Å²) >= 11 is 11.2. The lowest BCUT2D eigenvalue weighted by Gasteiger charge is -2.09. The molecule has 0 unspecified atom stereocenters. The number of pyridine rings is 1. The Balaban J connectivity index is 2.71. The summed E-state index contributed by atoms with van der Waals surface area (Å²) in [6.45, 7) is 1.69. The predicted molar refractivity (Wildman–Crippen MR) is 65.4 cm³/mol. The quantitative estimate of drug-likeness (QED) is 0.667. The third-order valence-corrected chi connectivity index (χ3v) is 2.56. The lowest BCUT2D eigenvalue weighted by Crippen LogP contribution is -2.16. The molecule has 1 rings (SSSR count). The summed E-state index contributed by atoms with van der Waals surface area (Å²) in [6.07, 6.45) is 0.688. The molecule has 0 saturated carbocycles. The fraction of sp³-hybridized carbons (Fsp3) is 0.400. The van der Waals surface area contributed by atoms with E-state index in [0.29, 0.717) is 6.42 Å². The second-order valence-corrected chi connectivity index (χ2v) is 4.01. The van der Waals surface area contributed by atoms with E-state index in [9.17, 15) is 9.18 Å². The molecule has 18 heavy (non-hydrogen) atoms. The molecular weight excluding hydrogens is 286 g/mol. The van der Waals surface area contributed by atoms with Crippen LogP contribution in [-0.2, 0) is 9.53 Å². The van der Waals surface area contributed by atoms with Crippen molar-refractivity contribution in [1.82, 2.24) is 4.98 Å². The van der Waals surface area contributed by atoms with Gasteiger partial charge in [0.25, 0.3) is 0 Å². The van der Waals surface area contributed by atoms with Crippen LogP contribution in [0.2, 0.25) is 10.0 Å². The zero-order valence-corrected chi connectivity index (χ0v) is 11.0. The first-order valence-electron chi connectivity index (χ1n) is 5.05. The van der Waals surface area contributed by atoms with Crippen LogP contribution in [-0.4, -0.2) is 24.2 Å². The summed E-state index contributed by atoms with van der Waals surface area (Å²) in [5.41, 5.74) is 5.24. The Kier molecular flexibility index (Phi) is 5.43. The molecule has 0 atom stereocenters. The maximum atomic E-state index is 13.2. The molecule has 8 heteroatoms. The summed E-state index contributed by atoms with van der Waals surface area (Å²) in [5.74, 6) is -1.93. The smallest absolute Gasteiger partial charge is 0.344 e. The standard InChI is InChI=1S/C10H11Cl2FN2O3/c1-2-3-17-5(16)4-18-10-7(12)8(14)6(11)9(13)15-10/h2-4H2,1H3,(H2,14,15). The van der Waals surface area contributed by atoms with Crippen LogP contribution in [0.1, 0.15) is 13.3 Å². The minimum absolute atomic E-state index is 0.148. The first-order chi connectivity index (χ1) is 8.47. The molecule has 0 fully saturated rings. The minimum atomic E-state index is -1.02. The summed E-state index contributed by atoms with van der Waals surface area (Å²) in [4.78, 5) is 14.5. The predicted octanol–water partition coefficient (Wildman–Crippen LogP) is 2.44. The minimum Gasteiger partial charge on any atom is -0.464 e. The van der Waals surface area contributed by atoms with Gasteiger partial charge in [-0.15, -0.1) is 0 Å². The molecule has 1 heterocycles. The summed E-state index contributed by atoms with van der Waals surface area (Å²) < 4.78 is 22.8.